The number of fused-ring (bicyclic) bond motifs is 6. The van der Waals surface area contributed by atoms with E-state index in [1.54, 1.807) is 12.1 Å². The first-order valence-corrected chi connectivity index (χ1v) is 7.87. The molecule has 0 atom stereocenters. The van der Waals surface area contributed by atoms with Crippen molar-refractivity contribution < 1.29 is 28.9 Å². The summed E-state index contributed by atoms with van der Waals surface area (Å²) in [6.45, 7) is 0. The van der Waals surface area contributed by atoms with Gasteiger partial charge in [-0.3, -0.25) is 0 Å². The second kappa shape index (κ2) is 4.76. The Balaban J connectivity index is 1.90. The predicted molar refractivity (Wildman–Crippen MR) is 88.0 cm³/mol. The molecule has 26 heavy (non-hydrogen) atoms. The fraction of sp³-hybridized carbons (Fsp3) is 0.0500. The van der Waals surface area contributed by atoms with Gasteiger partial charge in [0.1, 0.15) is 28.8 Å². The fourth-order valence-corrected chi connectivity index (χ4v) is 3.68. The molecule has 5 rings (SSSR count). The Morgan fingerprint density at radius 1 is 0.808 bits per heavy atom. The van der Waals surface area contributed by atoms with E-state index in [2.05, 4.69) is 0 Å². The minimum atomic E-state index is -1.34. The molecular formula is C20H11FO5. The molecule has 2 aliphatic heterocycles. The van der Waals surface area contributed by atoms with Crippen molar-refractivity contribution in [3.05, 3.63) is 82.7 Å². The standard InChI is InChI=1S/C20H11FO5/c21-10-1-4-14-13(7-10)19(24)26-20(14)15-5-2-11(22)8-17(15)25-18-9-12(23)3-6-16(18)20/h1-9,22-23H. The van der Waals surface area contributed by atoms with Gasteiger partial charge in [0.25, 0.3) is 0 Å². The molecule has 2 aliphatic rings. The summed E-state index contributed by atoms with van der Waals surface area (Å²) in [5, 5.41) is 19.6. The van der Waals surface area contributed by atoms with Gasteiger partial charge in [-0.25, -0.2) is 9.18 Å². The van der Waals surface area contributed by atoms with Gasteiger partial charge < -0.3 is 19.7 Å². The maximum absolute atomic E-state index is 13.7. The summed E-state index contributed by atoms with van der Waals surface area (Å²) in [5.74, 6) is -0.667. The number of hydrogen-bond acceptors (Lipinski definition) is 5. The van der Waals surface area contributed by atoms with Crippen LogP contribution in [0.3, 0.4) is 0 Å². The summed E-state index contributed by atoms with van der Waals surface area (Å²) in [4.78, 5) is 12.5. The lowest BCUT2D eigenvalue weighted by Gasteiger charge is -2.36. The highest BCUT2D eigenvalue weighted by molar-refractivity contribution is 5.97. The molecule has 0 fully saturated rings. The second-order valence-electron chi connectivity index (χ2n) is 6.22. The zero-order valence-corrected chi connectivity index (χ0v) is 13.2. The van der Waals surface area contributed by atoms with E-state index in [-0.39, 0.29) is 28.6 Å². The molecule has 0 radical (unpaired) electrons. The minimum Gasteiger partial charge on any atom is -0.508 e. The first-order chi connectivity index (χ1) is 12.5. The highest BCUT2D eigenvalue weighted by Crippen LogP contribution is 2.56. The first-order valence-electron chi connectivity index (χ1n) is 7.87. The summed E-state index contributed by atoms with van der Waals surface area (Å²) >= 11 is 0. The molecule has 0 bridgehead atoms. The Bertz CT molecular complexity index is 1050. The quantitative estimate of drug-likeness (QED) is 0.603. The molecule has 6 heteroatoms. The molecule has 3 aromatic carbocycles. The first kappa shape index (κ1) is 14.8. The third-order valence-electron chi connectivity index (χ3n) is 4.74. The van der Waals surface area contributed by atoms with Gasteiger partial charge in [0.05, 0.1) is 5.56 Å². The molecule has 0 aliphatic carbocycles. The van der Waals surface area contributed by atoms with E-state index < -0.39 is 17.4 Å². The van der Waals surface area contributed by atoms with Crippen molar-refractivity contribution in [2.45, 2.75) is 5.60 Å². The number of ether oxygens (including phenoxy) is 2. The Morgan fingerprint density at radius 3 is 2.00 bits per heavy atom. The predicted octanol–water partition coefficient (Wildman–Crippen LogP) is 3.80. The summed E-state index contributed by atoms with van der Waals surface area (Å²) in [6, 6.07) is 12.8. The molecule has 2 heterocycles. The highest BCUT2D eigenvalue weighted by Gasteiger charge is 2.53. The van der Waals surface area contributed by atoms with Gasteiger partial charge in [0.15, 0.2) is 5.60 Å². The molecular weight excluding hydrogens is 339 g/mol. The molecule has 0 saturated heterocycles. The lowest BCUT2D eigenvalue weighted by molar-refractivity contribution is 0.0224. The van der Waals surface area contributed by atoms with Gasteiger partial charge in [0, 0.05) is 28.8 Å². The topological polar surface area (TPSA) is 76.0 Å². The van der Waals surface area contributed by atoms with Crippen LogP contribution in [-0.4, -0.2) is 16.2 Å². The normalized spacial score (nSPS) is 15.7. The van der Waals surface area contributed by atoms with Crippen molar-refractivity contribution in [2.24, 2.45) is 0 Å². The van der Waals surface area contributed by atoms with Crippen LogP contribution in [-0.2, 0) is 10.3 Å². The van der Waals surface area contributed by atoms with E-state index in [0.29, 0.717) is 16.7 Å². The third kappa shape index (κ3) is 1.75. The maximum atomic E-state index is 13.7. The lowest BCUT2D eigenvalue weighted by atomic mass is 9.77. The van der Waals surface area contributed by atoms with Crippen LogP contribution in [0.1, 0.15) is 27.0 Å². The lowest BCUT2D eigenvalue weighted by Crippen LogP contribution is -2.32. The summed E-state index contributed by atoms with van der Waals surface area (Å²) < 4.78 is 25.3. The molecule has 0 unspecified atom stereocenters. The Kier molecular flexibility index (Phi) is 2.70. The second-order valence-corrected chi connectivity index (χ2v) is 6.22. The van der Waals surface area contributed by atoms with Gasteiger partial charge in [-0.2, -0.15) is 0 Å². The summed E-state index contributed by atoms with van der Waals surface area (Å²) in [6.07, 6.45) is 0. The fourth-order valence-electron chi connectivity index (χ4n) is 3.68. The minimum absolute atomic E-state index is 0.0221. The van der Waals surface area contributed by atoms with Crippen LogP contribution in [0.25, 0.3) is 0 Å². The number of benzene rings is 3. The van der Waals surface area contributed by atoms with Gasteiger partial charge in [-0.1, -0.05) is 6.07 Å². The molecule has 0 amide bonds. The van der Waals surface area contributed by atoms with Crippen molar-refractivity contribution in [1.82, 2.24) is 0 Å². The van der Waals surface area contributed by atoms with Gasteiger partial charge >= 0.3 is 5.97 Å². The Hall–Kier alpha value is -3.54. The molecule has 2 N–H and O–H groups in total. The van der Waals surface area contributed by atoms with E-state index in [4.69, 9.17) is 9.47 Å². The zero-order valence-electron chi connectivity index (χ0n) is 13.2. The number of halogens is 1. The number of aromatic hydroxyl groups is 2. The van der Waals surface area contributed by atoms with Crippen LogP contribution < -0.4 is 4.74 Å². The van der Waals surface area contributed by atoms with Crippen LogP contribution in [0.15, 0.2) is 54.6 Å². The Morgan fingerprint density at radius 2 is 1.38 bits per heavy atom. The van der Waals surface area contributed by atoms with Crippen molar-refractivity contribution in [2.75, 3.05) is 0 Å². The molecule has 5 nitrogen and oxygen atoms in total. The van der Waals surface area contributed by atoms with Gasteiger partial charge in [-0.15, -0.1) is 0 Å². The monoisotopic (exact) mass is 350 g/mol. The van der Waals surface area contributed by atoms with Crippen LogP contribution in [0.5, 0.6) is 23.0 Å². The van der Waals surface area contributed by atoms with E-state index in [1.165, 1.54) is 36.4 Å². The molecule has 0 aromatic heterocycles. The Labute approximate surface area is 146 Å². The average Bonchev–Trinajstić information content (AvgIpc) is 2.87. The molecule has 1 spiro atoms. The SMILES string of the molecule is O=C1OC2(c3ccc(O)cc3Oc3cc(O)ccc32)c2ccc(F)cc21. The van der Waals surface area contributed by atoms with E-state index in [1.807, 2.05) is 0 Å². The third-order valence-corrected chi connectivity index (χ3v) is 4.74. The van der Waals surface area contributed by atoms with Crippen LogP contribution in [0, 0.1) is 5.82 Å². The molecule has 3 aromatic rings. The number of phenols is 2. The number of esters is 1. The van der Waals surface area contributed by atoms with Crippen LogP contribution in [0.4, 0.5) is 4.39 Å². The number of hydrogen-bond donors (Lipinski definition) is 2. The van der Waals surface area contributed by atoms with Crippen molar-refractivity contribution >= 4 is 5.97 Å². The average molecular weight is 350 g/mol. The maximum Gasteiger partial charge on any atom is 0.340 e. The van der Waals surface area contributed by atoms with Crippen molar-refractivity contribution in [3.8, 4) is 23.0 Å². The summed E-state index contributed by atoms with van der Waals surface area (Å²) in [7, 11) is 0. The number of carbonyl (C=O) groups excluding carboxylic acids is 1. The number of rotatable bonds is 0. The van der Waals surface area contributed by atoms with Crippen molar-refractivity contribution in [1.29, 1.82) is 0 Å². The largest absolute Gasteiger partial charge is 0.508 e. The van der Waals surface area contributed by atoms with Crippen LogP contribution in [0.2, 0.25) is 0 Å². The molecule has 128 valence electrons. The van der Waals surface area contributed by atoms with Crippen LogP contribution >= 0.6 is 0 Å². The van der Waals surface area contributed by atoms with E-state index in [9.17, 15) is 19.4 Å². The zero-order chi connectivity index (χ0) is 18.1. The van der Waals surface area contributed by atoms with Gasteiger partial charge in [0.2, 0.25) is 0 Å². The van der Waals surface area contributed by atoms with Crippen molar-refractivity contribution in [3.63, 3.8) is 0 Å². The van der Waals surface area contributed by atoms with Gasteiger partial charge in [-0.05, 0) is 36.4 Å². The number of carbonyl (C=O) groups is 1. The van der Waals surface area contributed by atoms with E-state index in [0.717, 1.165) is 6.07 Å². The smallest absolute Gasteiger partial charge is 0.340 e. The van der Waals surface area contributed by atoms with E-state index >= 15 is 0 Å². The molecule has 0 saturated carbocycles. The summed E-state index contributed by atoms with van der Waals surface area (Å²) in [5.41, 5.74) is 0.278. The highest BCUT2D eigenvalue weighted by atomic mass is 19.1. The number of phenolic OH excluding ortho intramolecular Hbond substituents is 2.